The summed E-state index contributed by atoms with van der Waals surface area (Å²) in [5, 5.41) is 10.4. The molecular weight excluding hydrogens is 212 g/mol. The Morgan fingerprint density at radius 2 is 2.00 bits per heavy atom. The Balaban J connectivity index is 2.04. The van der Waals surface area contributed by atoms with Crippen LogP contribution in [0.4, 0.5) is 0 Å². The molecule has 1 fully saturated rings. The first-order chi connectivity index (χ1) is 8.29. The first kappa shape index (κ1) is 12.6. The van der Waals surface area contributed by atoms with E-state index in [0.717, 1.165) is 25.9 Å². The molecular formula is C15H22O2. The van der Waals surface area contributed by atoms with Gasteiger partial charge in [0.15, 0.2) is 0 Å². The topological polar surface area (TPSA) is 29.5 Å². The Morgan fingerprint density at radius 1 is 1.29 bits per heavy atom. The SMILES string of the molecule is CCOCCC(O)C1(c2ccccc2)CCC1. The molecule has 17 heavy (non-hydrogen) atoms. The summed E-state index contributed by atoms with van der Waals surface area (Å²) in [5.41, 5.74) is 1.29. The summed E-state index contributed by atoms with van der Waals surface area (Å²) in [7, 11) is 0. The van der Waals surface area contributed by atoms with Crippen molar-refractivity contribution in [1.82, 2.24) is 0 Å². The largest absolute Gasteiger partial charge is 0.392 e. The van der Waals surface area contributed by atoms with Gasteiger partial charge in [0.1, 0.15) is 0 Å². The van der Waals surface area contributed by atoms with Crippen LogP contribution in [-0.2, 0) is 10.2 Å². The van der Waals surface area contributed by atoms with Crippen LogP contribution in [0.15, 0.2) is 30.3 Å². The number of hydrogen-bond donors (Lipinski definition) is 1. The van der Waals surface area contributed by atoms with Gasteiger partial charge in [-0.05, 0) is 31.7 Å². The van der Waals surface area contributed by atoms with Crippen LogP contribution in [0.25, 0.3) is 0 Å². The molecule has 0 aromatic heterocycles. The predicted molar refractivity (Wildman–Crippen MR) is 69.1 cm³/mol. The molecule has 1 atom stereocenters. The number of ether oxygens (including phenoxy) is 1. The molecule has 0 radical (unpaired) electrons. The van der Waals surface area contributed by atoms with Crippen LogP contribution in [0.5, 0.6) is 0 Å². The van der Waals surface area contributed by atoms with E-state index in [0.29, 0.717) is 6.61 Å². The normalized spacial score (nSPS) is 19.6. The van der Waals surface area contributed by atoms with Gasteiger partial charge in [0.2, 0.25) is 0 Å². The van der Waals surface area contributed by atoms with Crippen LogP contribution in [0.2, 0.25) is 0 Å². The summed E-state index contributed by atoms with van der Waals surface area (Å²) in [6, 6.07) is 10.4. The lowest BCUT2D eigenvalue weighted by Crippen LogP contribution is -2.46. The molecule has 2 heteroatoms. The zero-order valence-corrected chi connectivity index (χ0v) is 10.6. The maximum absolute atomic E-state index is 10.4. The molecule has 0 amide bonds. The van der Waals surface area contributed by atoms with Gasteiger partial charge in [-0.3, -0.25) is 0 Å². The van der Waals surface area contributed by atoms with Crippen molar-refractivity contribution in [2.75, 3.05) is 13.2 Å². The van der Waals surface area contributed by atoms with Crippen LogP contribution in [0.1, 0.15) is 38.2 Å². The molecule has 94 valence electrons. The minimum Gasteiger partial charge on any atom is -0.392 e. The number of rotatable bonds is 6. The first-order valence-electron chi connectivity index (χ1n) is 6.61. The van der Waals surface area contributed by atoms with E-state index in [9.17, 15) is 5.11 Å². The minimum atomic E-state index is -0.273. The second kappa shape index (κ2) is 5.65. The van der Waals surface area contributed by atoms with Crippen molar-refractivity contribution in [2.45, 2.75) is 44.1 Å². The maximum Gasteiger partial charge on any atom is 0.0658 e. The van der Waals surface area contributed by atoms with E-state index in [2.05, 4.69) is 24.3 Å². The van der Waals surface area contributed by atoms with Gasteiger partial charge < -0.3 is 9.84 Å². The molecule has 1 aliphatic rings. The van der Waals surface area contributed by atoms with E-state index in [1.807, 2.05) is 13.0 Å². The standard InChI is InChI=1S/C15H22O2/c1-2-17-12-9-14(16)15(10-6-11-15)13-7-4-3-5-8-13/h3-5,7-8,14,16H,2,6,9-12H2,1H3. The summed E-state index contributed by atoms with van der Waals surface area (Å²) < 4.78 is 5.34. The highest BCUT2D eigenvalue weighted by Crippen LogP contribution is 2.47. The molecule has 2 rings (SSSR count). The van der Waals surface area contributed by atoms with E-state index < -0.39 is 0 Å². The molecule has 1 saturated carbocycles. The minimum absolute atomic E-state index is 0.00163. The Labute approximate surface area is 104 Å². The number of aliphatic hydroxyl groups excluding tert-OH is 1. The highest BCUT2D eigenvalue weighted by Gasteiger charge is 2.44. The van der Waals surface area contributed by atoms with Gasteiger partial charge in [-0.1, -0.05) is 36.8 Å². The van der Waals surface area contributed by atoms with Crippen LogP contribution in [0.3, 0.4) is 0 Å². The van der Waals surface area contributed by atoms with Gasteiger partial charge in [-0.2, -0.15) is 0 Å². The molecule has 1 aromatic carbocycles. The van der Waals surface area contributed by atoms with Crippen molar-refractivity contribution in [3.8, 4) is 0 Å². The second-order valence-electron chi connectivity index (χ2n) is 4.88. The Morgan fingerprint density at radius 3 is 2.53 bits per heavy atom. The number of benzene rings is 1. The summed E-state index contributed by atoms with van der Waals surface area (Å²) >= 11 is 0. The van der Waals surface area contributed by atoms with Crippen molar-refractivity contribution in [2.24, 2.45) is 0 Å². The highest BCUT2D eigenvalue weighted by atomic mass is 16.5. The summed E-state index contributed by atoms with van der Waals surface area (Å²) in [5.74, 6) is 0. The lowest BCUT2D eigenvalue weighted by molar-refractivity contribution is 0.00107. The molecule has 0 saturated heterocycles. The third-order valence-corrected chi connectivity index (χ3v) is 3.97. The zero-order valence-electron chi connectivity index (χ0n) is 10.6. The van der Waals surface area contributed by atoms with Gasteiger partial charge in [0, 0.05) is 18.6 Å². The van der Waals surface area contributed by atoms with E-state index in [4.69, 9.17) is 4.74 Å². The molecule has 0 bridgehead atoms. The van der Waals surface area contributed by atoms with Crippen LogP contribution in [-0.4, -0.2) is 24.4 Å². The van der Waals surface area contributed by atoms with Crippen molar-refractivity contribution >= 4 is 0 Å². The molecule has 2 nitrogen and oxygen atoms in total. The second-order valence-corrected chi connectivity index (χ2v) is 4.88. The average Bonchev–Trinajstić information content (AvgIpc) is 2.29. The summed E-state index contributed by atoms with van der Waals surface area (Å²) in [4.78, 5) is 0. The van der Waals surface area contributed by atoms with Gasteiger partial charge in [0.25, 0.3) is 0 Å². The van der Waals surface area contributed by atoms with Gasteiger partial charge in [-0.25, -0.2) is 0 Å². The van der Waals surface area contributed by atoms with Crippen molar-refractivity contribution in [3.05, 3.63) is 35.9 Å². The molecule has 1 N–H and O–H groups in total. The Hall–Kier alpha value is -0.860. The van der Waals surface area contributed by atoms with Crippen LogP contribution in [0, 0.1) is 0 Å². The average molecular weight is 234 g/mol. The van der Waals surface area contributed by atoms with E-state index >= 15 is 0 Å². The smallest absolute Gasteiger partial charge is 0.0658 e. The highest BCUT2D eigenvalue weighted by molar-refractivity contribution is 5.29. The predicted octanol–water partition coefficient (Wildman–Crippen LogP) is 2.90. The fourth-order valence-corrected chi connectivity index (χ4v) is 2.76. The van der Waals surface area contributed by atoms with Crippen molar-refractivity contribution < 1.29 is 9.84 Å². The van der Waals surface area contributed by atoms with Crippen LogP contribution >= 0.6 is 0 Å². The molecule has 1 aliphatic carbocycles. The number of aliphatic hydroxyl groups is 1. The molecule has 1 unspecified atom stereocenters. The van der Waals surface area contributed by atoms with Crippen molar-refractivity contribution in [1.29, 1.82) is 0 Å². The molecule has 1 aromatic rings. The fourth-order valence-electron chi connectivity index (χ4n) is 2.76. The molecule has 0 aliphatic heterocycles. The quantitative estimate of drug-likeness (QED) is 0.767. The van der Waals surface area contributed by atoms with Gasteiger partial charge >= 0.3 is 0 Å². The fraction of sp³-hybridized carbons (Fsp3) is 0.600. The first-order valence-corrected chi connectivity index (χ1v) is 6.61. The van der Waals surface area contributed by atoms with Gasteiger partial charge in [-0.15, -0.1) is 0 Å². The monoisotopic (exact) mass is 234 g/mol. The summed E-state index contributed by atoms with van der Waals surface area (Å²) in [6.45, 7) is 3.37. The van der Waals surface area contributed by atoms with Crippen molar-refractivity contribution in [3.63, 3.8) is 0 Å². The maximum atomic E-state index is 10.4. The zero-order chi connectivity index (χ0) is 12.1. The molecule has 0 heterocycles. The van der Waals surface area contributed by atoms with Gasteiger partial charge in [0.05, 0.1) is 6.10 Å². The Bertz CT molecular complexity index is 330. The van der Waals surface area contributed by atoms with E-state index in [1.54, 1.807) is 0 Å². The van der Waals surface area contributed by atoms with E-state index in [1.165, 1.54) is 12.0 Å². The lowest BCUT2D eigenvalue weighted by atomic mass is 9.60. The third kappa shape index (κ3) is 2.53. The van der Waals surface area contributed by atoms with E-state index in [-0.39, 0.29) is 11.5 Å². The summed E-state index contributed by atoms with van der Waals surface area (Å²) in [6.07, 6.45) is 3.89. The third-order valence-electron chi connectivity index (χ3n) is 3.97. The Kier molecular flexibility index (Phi) is 4.19. The van der Waals surface area contributed by atoms with Crippen LogP contribution < -0.4 is 0 Å². The number of hydrogen-bond acceptors (Lipinski definition) is 2. The lowest BCUT2D eigenvalue weighted by Gasteiger charge is -2.46. The molecule has 0 spiro atoms.